The molecule has 1 aromatic heterocycles. The number of amides is 2. The average molecular weight is 356 g/mol. The van der Waals surface area contributed by atoms with E-state index in [0.717, 1.165) is 30.0 Å². The molecular formula is C18H20N4O2S. The standard InChI is InChI=1S/C18H20N4O2S/c1-2-11-3-7-14(8-4-11)22-10-13(9-15(22)23)16(24)19-18-21-20-17(25-18)12-5-6-12/h3-4,7-8,12-13H,2,5-6,9-10H2,1H3,(H,19,21,24). The number of benzene rings is 1. The number of anilines is 2. The van der Waals surface area contributed by atoms with Gasteiger partial charge in [0.15, 0.2) is 0 Å². The van der Waals surface area contributed by atoms with Crippen LogP contribution in [0.25, 0.3) is 0 Å². The third kappa shape index (κ3) is 3.42. The smallest absolute Gasteiger partial charge is 0.231 e. The molecule has 0 spiro atoms. The van der Waals surface area contributed by atoms with Crippen molar-refractivity contribution in [2.75, 3.05) is 16.8 Å². The maximum atomic E-state index is 12.5. The van der Waals surface area contributed by atoms with Crippen molar-refractivity contribution in [2.45, 2.75) is 38.5 Å². The van der Waals surface area contributed by atoms with Crippen LogP contribution in [0.2, 0.25) is 0 Å². The van der Waals surface area contributed by atoms with E-state index in [1.54, 1.807) is 4.90 Å². The van der Waals surface area contributed by atoms with E-state index < -0.39 is 0 Å². The van der Waals surface area contributed by atoms with Crippen LogP contribution in [0.4, 0.5) is 10.8 Å². The Bertz CT molecular complexity index is 798. The first-order chi connectivity index (χ1) is 12.1. The summed E-state index contributed by atoms with van der Waals surface area (Å²) in [5.74, 6) is 0.00396. The van der Waals surface area contributed by atoms with Crippen LogP contribution in [-0.2, 0) is 16.0 Å². The number of hydrogen-bond acceptors (Lipinski definition) is 5. The van der Waals surface area contributed by atoms with Crippen LogP contribution in [-0.4, -0.2) is 28.6 Å². The predicted octanol–water partition coefficient (Wildman–Crippen LogP) is 2.97. The first kappa shape index (κ1) is 16.2. The minimum Gasteiger partial charge on any atom is -0.312 e. The molecule has 4 rings (SSSR count). The molecule has 1 atom stereocenters. The van der Waals surface area contributed by atoms with Gasteiger partial charge in [-0.2, -0.15) is 0 Å². The largest absolute Gasteiger partial charge is 0.312 e. The summed E-state index contributed by atoms with van der Waals surface area (Å²) in [6.07, 6.45) is 3.51. The van der Waals surface area contributed by atoms with Crippen LogP contribution in [0.3, 0.4) is 0 Å². The molecule has 2 heterocycles. The molecule has 1 aromatic carbocycles. The van der Waals surface area contributed by atoms with Crippen LogP contribution in [0.5, 0.6) is 0 Å². The molecule has 1 unspecified atom stereocenters. The zero-order chi connectivity index (χ0) is 17.4. The molecule has 0 radical (unpaired) electrons. The van der Waals surface area contributed by atoms with Crippen molar-refractivity contribution in [2.24, 2.45) is 5.92 Å². The Morgan fingerprint density at radius 1 is 1.28 bits per heavy atom. The van der Waals surface area contributed by atoms with Crippen molar-refractivity contribution in [1.29, 1.82) is 0 Å². The molecule has 7 heteroatoms. The van der Waals surface area contributed by atoms with Gasteiger partial charge in [-0.1, -0.05) is 30.4 Å². The summed E-state index contributed by atoms with van der Waals surface area (Å²) in [5.41, 5.74) is 2.08. The van der Waals surface area contributed by atoms with Gasteiger partial charge in [-0.15, -0.1) is 10.2 Å². The molecule has 1 saturated carbocycles. The molecule has 1 saturated heterocycles. The summed E-state index contributed by atoms with van der Waals surface area (Å²) in [5, 5.41) is 12.5. The Hall–Kier alpha value is -2.28. The maximum Gasteiger partial charge on any atom is 0.231 e. The number of nitrogens with one attached hydrogen (secondary N) is 1. The van der Waals surface area contributed by atoms with Gasteiger partial charge in [0.2, 0.25) is 16.9 Å². The lowest BCUT2D eigenvalue weighted by Crippen LogP contribution is -2.28. The summed E-state index contributed by atoms with van der Waals surface area (Å²) >= 11 is 1.44. The van der Waals surface area contributed by atoms with E-state index in [4.69, 9.17) is 0 Å². The first-order valence-corrected chi connectivity index (χ1v) is 9.49. The molecule has 6 nitrogen and oxygen atoms in total. The van der Waals surface area contributed by atoms with E-state index in [-0.39, 0.29) is 24.2 Å². The van der Waals surface area contributed by atoms with Crippen LogP contribution in [0.15, 0.2) is 24.3 Å². The minimum atomic E-state index is -0.355. The Morgan fingerprint density at radius 2 is 2.04 bits per heavy atom. The van der Waals surface area contributed by atoms with Crippen molar-refractivity contribution >= 4 is 34.0 Å². The summed E-state index contributed by atoms with van der Waals surface area (Å²) in [6, 6.07) is 7.95. The Kier molecular flexibility index (Phi) is 4.25. The minimum absolute atomic E-state index is 0.0136. The van der Waals surface area contributed by atoms with E-state index in [2.05, 4.69) is 22.4 Å². The maximum absolute atomic E-state index is 12.5. The summed E-state index contributed by atoms with van der Waals surface area (Å²) in [4.78, 5) is 26.5. The highest BCUT2D eigenvalue weighted by Crippen LogP contribution is 2.42. The highest BCUT2D eigenvalue weighted by atomic mass is 32.1. The third-order valence-corrected chi connectivity index (χ3v) is 5.75. The molecular weight excluding hydrogens is 336 g/mol. The highest BCUT2D eigenvalue weighted by molar-refractivity contribution is 7.15. The van der Waals surface area contributed by atoms with Gasteiger partial charge in [0.25, 0.3) is 0 Å². The fraction of sp³-hybridized carbons (Fsp3) is 0.444. The SMILES string of the molecule is CCc1ccc(N2CC(C(=O)Nc3nnc(C4CC4)s3)CC2=O)cc1. The highest BCUT2D eigenvalue weighted by Gasteiger charge is 2.36. The fourth-order valence-electron chi connectivity index (χ4n) is 3.03. The van der Waals surface area contributed by atoms with Gasteiger partial charge in [-0.05, 0) is 37.0 Å². The molecule has 1 aliphatic carbocycles. The Morgan fingerprint density at radius 3 is 2.72 bits per heavy atom. The average Bonchev–Trinajstić information content (AvgIpc) is 3.25. The molecule has 1 N–H and O–H groups in total. The van der Waals surface area contributed by atoms with Crippen LogP contribution in [0.1, 0.15) is 42.7 Å². The predicted molar refractivity (Wildman–Crippen MR) is 96.8 cm³/mol. The van der Waals surface area contributed by atoms with Gasteiger partial charge in [0, 0.05) is 24.6 Å². The normalized spacial score (nSPS) is 20.1. The molecule has 1 aliphatic heterocycles. The quantitative estimate of drug-likeness (QED) is 0.894. The van der Waals surface area contributed by atoms with Crippen LogP contribution >= 0.6 is 11.3 Å². The van der Waals surface area contributed by atoms with E-state index in [0.29, 0.717) is 17.6 Å². The van der Waals surface area contributed by atoms with Crippen LogP contribution in [0, 0.1) is 5.92 Å². The molecule has 2 amide bonds. The summed E-state index contributed by atoms with van der Waals surface area (Å²) in [6.45, 7) is 2.50. The molecule has 2 aromatic rings. The van der Waals surface area contributed by atoms with Gasteiger partial charge in [-0.25, -0.2) is 0 Å². The van der Waals surface area contributed by atoms with Gasteiger partial charge in [-0.3, -0.25) is 9.59 Å². The zero-order valence-electron chi connectivity index (χ0n) is 14.1. The third-order valence-electron chi connectivity index (χ3n) is 4.75. The van der Waals surface area contributed by atoms with Crippen molar-refractivity contribution < 1.29 is 9.59 Å². The second kappa shape index (κ2) is 6.55. The van der Waals surface area contributed by atoms with Crippen molar-refractivity contribution in [3.05, 3.63) is 34.8 Å². The van der Waals surface area contributed by atoms with Crippen molar-refractivity contribution in [3.63, 3.8) is 0 Å². The van der Waals surface area contributed by atoms with Crippen molar-refractivity contribution in [1.82, 2.24) is 10.2 Å². The van der Waals surface area contributed by atoms with Gasteiger partial charge >= 0.3 is 0 Å². The Balaban J connectivity index is 1.40. The van der Waals surface area contributed by atoms with Gasteiger partial charge in [0.05, 0.1) is 5.92 Å². The molecule has 0 bridgehead atoms. The number of carbonyl (C=O) groups excluding carboxylic acids is 2. The van der Waals surface area contributed by atoms with Gasteiger partial charge in [0.1, 0.15) is 5.01 Å². The number of nitrogens with zero attached hydrogens (tertiary/aromatic N) is 3. The molecule has 130 valence electrons. The van der Waals surface area contributed by atoms with E-state index >= 15 is 0 Å². The first-order valence-electron chi connectivity index (χ1n) is 8.67. The fourth-order valence-corrected chi connectivity index (χ4v) is 3.95. The molecule has 25 heavy (non-hydrogen) atoms. The monoisotopic (exact) mass is 356 g/mol. The summed E-state index contributed by atoms with van der Waals surface area (Å²) < 4.78 is 0. The number of carbonyl (C=O) groups is 2. The lowest BCUT2D eigenvalue weighted by molar-refractivity contribution is -0.122. The zero-order valence-corrected chi connectivity index (χ0v) is 14.9. The summed E-state index contributed by atoms with van der Waals surface area (Å²) in [7, 11) is 0. The van der Waals surface area contributed by atoms with E-state index in [1.807, 2.05) is 24.3 Å². The number of aromatic nitrogens is 2. The number of hydrogen-bond donors (Lipinski definition) is 1. The lowest BCUT2D eigenvalue weighted by atomic mass is 10.1. The topological polar surface area (TPSA) is 75.2 Å². The number of rotatable bonds is 5. The van der Waals surface area contributed by atoms with E-state index in [9.17, 15) is 9.59 Å². The molecule has 2 fully saturated rings. The second-order valence-electron chi connectivity index (χ2n) is 6.63. The Labute approximate surface area is 150 Å². The second-order valence-corrected chi connectivity index (χ2v) is 7.64. The van der Waals surface area contributed by atoms with Crippen LogP contribution < -0.4 is 10.2 Å². The van der Waals surface area contributed by atoms with Gasteiger partial charge < -0.3 is 10.2 Å². The lowest BCUT2D eigenvalue weighted by Gasteiger charge is -2.16. The molecule has 2 aliphatic rings. The number of aryl methyl sites for hydroxylation is 1. The van der Waals surface area contributed by atoms with Crippen molar-refractivity contribution in [3.8, 4) is 0 Å². The van der Waals surface area contributed by atoms with E-state index in [1.165, 1.54) is 16.9 Å².